The highest BCUT2D eigenvalue weighted by Gasteiger charge is 2.21. The number of hydrogen-bond donors (Lipinski definition) is 1. The molecule has 3 nitrogen and oxygen atoms in total. The van der Waals surface area contributed by atoms with Gasteiger partial charge in [0.25, 0.3) is 0 Å². The van der Waals surface area contributed by atoms with Gasteiger partial charge in [0.15, 0.2) is 0 Å². The molecule has 0 saturated heterocycles. The van der Waals surface area contributed by atoms with Crippen molar-refractivity contribution in [1.82, 2.24) is 0 Å². The number of anilines is 1. The normalized spacial score (nSPS) is 11.8. The van der Waals surface area contributed by atoms with Crippen LogP contribution in [0, 0.1) is 0 Å². The number of hydrogen-bond acceptors (Lipinski definition) is 3. The predicted octanol–water partition coefficient (Wildman–Crippen LogP) is 4.36. The van der Waals surface area contributed by atoms with E-state index < -0.39 is 5.92 Å². The minimum Gasteiger partial charge on any atom is -0.468 e. The molecule has 110 valence electrons. The third-order valence-corrected chi connectivity index (χ3v) is 3.50. The Kier molecular flexibility index (Phi) is 5.48. The molecule has 0 heterocycles. The van der Waals surface area contributed by atoms with Crippen molar-refractivity contribution in [2.75, 3.05) is 19.0 Å². The van der Waals surface area contributed by atoms with Gasteiger partial charge in [0.05, 0.1) is 13.0 Å². The lowest BCUT2D eigenvalue weighted by atomic mass is 9.99. The average molecular weight is 324 g/mol. The molecule has 1 unspecified atom stereocenters. The molecule has 0 bridgehead atoms. The first-order chi connectivity index (χ1) is 10.1. The van der Waals surface area contributed by atoms with Crippen LogP contribution >= 0.6 is 23.2 Å². The summed E-state index contributed by atoms with van der Waals surface area (Å²) in [6.45, 7) is 0.396. The first kappa shape index (κ1) is 15.7. The van der Waals surface area contributed by atoms with Gasteiger partial charge in [-0.25, -0.2) is 0 Å². The van der Waals surface area contributed by atoms with Gasteiger partial charge in [0.1, 0.15) is 0 Å². The van der Waals surface area contributed by atoms with Crippen LogP contribution in [0.4, 0.5) is 5.69 Å². The Morgan fingerprint density at radius 2 is 1.76 bits per heavy atom. The molecule has 0 spiro atoms. The van der Waals surface area contributed by atoms with E-state index in [1.807, 2.05) is 30.3 Å². The molecule has 0 aliphatic heterocycles. The number of esters is 1. The number of benzene rings is 2. The Morgan fingerprint density at radius 1 is 1.14 bits per heavy atom. The van der Waals surface area contributed by atoms with Crippen LogP contribution < -0.4 is 5.32 Å². The number of carbonyl (C=O) groups is 1. The molecule has 0 aromatic heterocycles. The Morgan fingerprint density at radius 3 is 2.33 bits per heavy atom. The van der Waals surface area contributed by atoms with Crippen LogP contribution in [0.25, 0.3) is 0 Å². The van der Waals surface area contributed by atoms with Crippen LogP contribution in [0.2, 0.25) is 10.0 Å². The van der Waals surface area contributed by atoms with E-state index in [0.29, 0.717) is 16.6 Å². The Balaban J connectivity index is 2.14. The largest absolute Gasteiger partial charge is 0.468 e. The molecule has 0 saturated carbocycles. The van der Waals surface area contributed by atoms with Gasteiger partial charge < -0.3 is 10.1 Å². The second-order valence-electron chi connectivity index (χ2n) is 4.53. The molecule has 0 amide bonds. The van der Waals surface area contributed by atoms with Gasteiger partial charge in [-0.05, 0) is 23.8 Å². The lowest BCUT2D eigenvalue weighted by Gasteiger charge is -2.17. The van der Waals surface area contributed by atoms with Crippen LogP contribution in [-0.4, -0.2) is 19.6 Å². The fraction of sp³-hybridized carbons (Fsp3) is 0.188. The monoisotopic (exact) mass is 323 g/mol. The highest BCUT2D eigenvalue weighted by molar-refractivity contribution is 6.35. The lowest BCUT2D eigenvalue weighted by molar-refractivity contribution is -0.142. The van der Waals surface area contributed by atoms with E-state index in [-0.39, 0.29) is 5.97 Å². The predicted molar refractivity (Wildman–Crippen MR) is 86.2 cm³/mol. The second-order valence-corrected chi connectivity index (χ2v) is 5.40. The third kappa shape index (κ3) is 4.38. The Bertz CT molecular complexity index is 597. The first-order valence-corrected chi connectivity index (χ1v) is 7.18. The number of ether oxygens (including phenoxy) is 1. The second kappa shape index (κ2) is 7.34. The summed E-state index contributed by atoms with van der Waals surface area (Å²) in [5.74, 6) is -0.684. The van der Waals surface area contributed by atoms with Gasteiger partial charge in [0, 0.05) is 22.3 Å². The summed E-state index contributed by atoms with van der Waals surface area (Å²) >= 11 is 11.9. The van der Waals surface area contributed by atoms with Crippen LogP contribution in [-0.2, 0) is 9.53 Å². The van der Waals surface area contributed by atoms with Gasteiger partial charge in [-0.3, -0.25) is 4.79 Å². The summed E-state index contributed by atoms with van der Waals surface area (Å²) in [6.07, 6.45) is 0. The minimum atomic E-state index is -0.394. The van der Waals surface area contributed by atoms with E-state index in [4.69, 9.17) is 27.9 Å². The van der Waals surface area contributed by atoms with Gasteiger partial charge in [0.2, 0.25) is 0 Å². The summed E-state index contributed by atoms with van der Waals surface area (Å²) in [7, 11) is 1.38. The first-order valence-electron chi connectivity index (χ1n) is 6.43. The van der Waals surface area contributed by atoms with Gasteiger partial charge >= 0.3 is 5.97 Å². The van der Waals surface area contributed by atoms with Crippen molar-refractivity contribution in [3.8, 4) is 0 Å². The maximum absolute atomic E-state index is 12.0. The molecular formula is C16H15Cl2NO2. The van der Waals surface area contributed by atoms with Crippen LogP contribution in [0.15, 0.2) is 48.5 Å². The van der Waals surface area contributed by atoms with E-state index in [1.54, 1.807) is 18.2 Å². The maximum Gasteiger partial charge on any atom is 0.314 e. The van der Waals surface area contributed by atoms with E-state index in [2.05, 4.69) is 5.32 Å². The summed E-state index contributed by atoms with van der Waals surface area (Å²) in [5, 5.41) is 4.25. The van der Waals surface area contributed by atoms with Crippen LogP contribution in [0.3, 0.4) is 0 Å². The van der Waals surface area contributed by atoms with Crippen molar-refractivity contribution in [2.24, 2.45) is 0 Å². The minimum absolute atomic E-state index is 0.290. The molecule has 2 aromatic rings. The fourth-order valence-corrected chi connectivity index (χ4v) is 2.57. The Labute approximate surface area is 133 Å². The zero-order valence-electron chi connectivity index (χ0n) is 11.5. The summed E-state index contributed by atoms with van der Waals surface area (Å²) < 4.78 is 4.87. The summed E-state index contributed by atoms with van der Waals surface area (Å²) in [4.78, 5) is 12.0. The van der Waals surface area contributed by atoms with E-state index in [9.17, 15) is 4.79 Å². The molecular weight excluding hydrogens is 309 g/mol. The van der Waals surface area contributed by atoms with E-state index >= 15 is 0 Å². The number of carbonyl (C=O) groups excluding carboxylic acids is 1. The zero-order chi connectivity index (χ0) is 15.2. The van der Waals surface area contributed by atoms with Crippen LogP contribution in [0.5, 0.6) is 0 Å². The highest BCUT2D eigenvalue weighted by Crippen LogP contribution is 2.24. The fourth-order valence-electron chi connectivity index (χ4n) is 2.04. The number of methoxy groups -OCH3 is 1. The summed E-state index contributed by atoms with van der Waals surface area (Å²) in [6, 6.07) is 14.6. The average Bonchev–Trinajstić information content (AvgIpc) is 2.47. The Hall–Kier alpha value is -1.71. The van der Waals surface area contributed by atoms with Crippen molar-refractivity contribution < 1.29 is 9.53 Å². The number of rotatable bonds is 5. The van der Waals surface area contributed by atoms with Crippen molar-refractivity contribution in [3.63, 3.8) is 0 Å². The van der Waals surface area contributed by atoms with Crippen LogP contribution in [0.1, 0.15) is 11.5 Å². The smallest absolute Gasteiger partial charge is 0.314 e. The number of halogens is 2. The molecule has 0 aliphatic carbocycles. The zero-order valence-corrected chi connectivity index (χ0v) is 13.0. The van der Waals surface area contributed by atoms with E-state index in [0.717, 1.165) is 11.3 Å². The standard InChI is InChI=1S/C16H15Cl2NO2/c1-21-16(20)15(11-5-3-2-4-6-11)10-19-14-8-12(17)7-13(18)9-14/h2-9,15,19H,10H2,1H3. The van der Waals surface area contributed by atoms with E-state index in [1.165, 1.54) is 7.11 Å². The molecule has 0 radical (unpaired) electrons. The van der Waals surface area contributed by atoms with Gasteiger partial charge in [-0.15, -0.1) is 0 Å². The molecule has 2 rings (SSSR count). The lowest BCUT2D eigenvalue weighted by Crippen LogP contribution is -2.22. The topological polar surface area (TPSA) is 38.3 Å². The molecule has 21 heavy (non-hydrogen) atoms. The highest BCUT2D eigenvalue weighted by atomic mass is 35.5. The molecule has 2 aromatic carbocycles. The molecule has 1 N–H and O–H groups in total. The van der Waals surface area contributed by atoms with Gasteiger partial charge in [-0.1, -0.05) is 53.5 Å². The van der Waals surface area contributed by atoms with Crippen molar-refractivity contribution in [2.45, 2.75) is 5.92 Å². The SMILES string of the molecule is COC(=O)C(CNc1cc(Cl)cc(Cl)c1)c1ccccc1. The van der Waals surface area contributed by atoms with Crippen molar-refractivity contribution in [1.29, 1.82) is 0 Å². The molecule has 5 heteroatoms. The summed E-state index contributed by atoms with van der Waals surface area (Å²) in [5.41, 5.74) is 1.65. The molecule has 0 fully saturated rings. The third-order valence-electron chi connectivity index (χ3n) is 3.06. The molecule has 1 atom stereocenters. The quantitative estimate of drug-likeness (QED) is 0.831. The molecule has 0 aliphatic rings. The maximum atomic E-state index is 12.0. The number of nitrogens with one attached hydrogen (secondary N) is 1. The van der Waals surface area contributed by atoms with Crippen molar-refractivity contribution >= 4 is 34.9 Å². The van der Waals surface area contributed by atoms with Crippen molar-refractivity contribution in [3.05, 3.63) is 64.1 Å². The van der Waals surface area contributed by atoms with Gasteiger partial charge in [-0.2, -0.15) is 0 Å².